The van der Waals surface area contributed by atoms with Crippen LogP contribution in [0.5, 0.6) is 0 Å². The minimum atomic E-state index is -0.442. The van der Waals surface area contributed by atoms with Crippen LogP contribution in [0, 0.1) is 20.8 Å². The predicted octanol–water partition coefficient (Wildman–Crippen LogP) is 6.42. The van der Waals surface area contributed by atoms with Gasteiger partial charge in [-0.2, -0.15) is 0 Å². The zero-order valence-corrected chi connectivity index (χ0v) is 18.8. The first-order chi connectivity index (χ1) is 14.8. The monoisotopic (exact) mass is 450 g/mol. The largest absolute Gasteiger partial charge is 0.318 e. The van der Waals surface area contributed by atoms with Gasteiger partial charge in [-0.3, -0.25) is 4.79 Å². The molecule has 4 rings (SSSR count). The minimum Gasteiger partial charge on any atom is -0.318 e. The Morgan fingerprint density at radius 1 is 0.935 bits per heavy atom. The second-order valence-corrected chi connectivity index (χ2v) is 8.20. The van der Waals surface area contributed by atoms with Crippen molar-refractivity contribution in [2.45, 2.75) is 20.8 Å². The van der Waals surface area contributed by atoms with Gasteiger partial charge in [-0.25, -0.2) is 9.67 Å². The Hall–Kier alpha value is -3.15. The number of para-hydroxylation sites is 1. The summed E-state index contributed by atoms with van der Waals surface area (Å²) in [6.07, 6.45) is 0. The highest BCUT2D eigenvalue weighted by atomic mass is 35.5. The van der Waals surface area contributed by atoms with E-state index in [9.17, 15) is 4.79 Å². The molecular weight excluding hydrogens is 431 g/mol. The maximum Gasteiger partial charge on any atom is 0.295 e. The Balaban J connectivity index is 1.82. The second kappa shape index (κ2) is 8.53. The van der Waals surface area contributed by atoms with E-state index < -0.39 is 5.91 Å². The molecule has 156 valence electrons. The van der Waals surface area contributed by atoms with Crippen LogP contribution in [0.15, 0.2) is 60.7 Å². The van der Waals surface area contributed by atoms with E-state index in [2.05, 4.69) is 15.4 Å². The molecule has 0 fully saturated rings. The Bertz CT molecular complexity index is 1260. The fraction of sp³-hybridized carbons (Fsp3) is 0.125. The van der Waals surface area contributed by atoms with Crippen molar-refractivity contribution in [3.8, 4) is 17.1 Å². The predicted molar refractivity (Wildman–Crippen MR) is 125 cm³/mol. The molecule has 0 atom stereocenters. The number of halogens is 2. The number of nitrogens with zero attached hydrogens (tertiary/aromatic N) is 3. The summed E-state index contributed by atoms with van der Waals surface area (Å²) in [5.41, 5.74) is 5.07. The van der Waals surface area contributed by atoms with Crippen molar-refractivity contribution in [1.82, 2.24) is 14.8 Å². The molecule has 1 amide bonds. The lowest BCUT2D eigenvalue weighted by molar-refractivity contribution is 0.101. The molecule has 0 aliphatic heterocycles. The first kappa shape index (κ1) is 21.1. The smallest absolute Gasteiger partial charge is 0.295 e. The number of rotatable bonds is 4. The third-order valence-electron chi connectivity index (χ3n) is 4.98. The first-order valence-electron chi connectivity index (χ1n) is 9.70. The average molecular weight is 451 g/mol. The molecule has 0 aliphatic carbocycles. The standard InChI is InChI=1S/C24H20Cl2N4O/c1-14-7-10-17(11-8-14)23-28-22(24(31)27-21-16(3)5-4-6-19(21)26)29-30(23)20-13-18(25)12-9-15(20)2/h4-13H,1-3H3,(H,27,31). The number of aryl methyl sites for hydroxylation is 3. The molecule has 1 aromatic heterocycles. The Kier molecular flexibility index (Phi) is 5.81. The van der Waals surface area contributed by atoms with Crippen LogP contribution in [0.1, 0.15) is 27.3 Å². The number of hydrogen-bond acceptors (Lipinski definition) is 3. The van der Waals surface area contributed by atoms with Crippen LogP contribution in [0.2, 0.25) is 10.0 Å². The molecule has 0 unspecified atom stereocenters. The van der Waals surface area contributed by atoms with Crippen molar-refractivity contribution in [2.24, 2.45) is 0 Å². The van der Waals surface area contributed by atoms with Crippen LogP contribution in [0.3, 0.4) is 0 Å². The molecule has 0 saturated carbocycles. The van der Waals surface area contributed by atoms with Crippen LogP contribution in [0.25, 0.3) is 17.1 Å². The van der Waals surface area contributed by atoms with Gasteiger partial charge < -0.3 is 5.32 Å². The van der Waals surface area contributed by atoms with Crippen LogP contribution in [-0.2, 0) is 0 Å². The fourth-order valence-electron chi connectivity index (χ4n) is 3.24. The Labute approximate surface area is 190 Å². The van der Waals surface area contributed by atoms with E-state index in [-0.39, 0.29) is 5.82 Å². The normalized spacial score (nSPS) is 10.9. The van der Waals surface area contributed by atoms with E-state index in [1.165, 1.54) is 0 Å². The molecule has 1 heterocycles. The van der Waals surface area contributed by atoms with Crippen LogP contribution >= 0.6 is 23.2 Å². The van der Waals surface area contributed by atoms with Gasteiger partial charge in [0.15, 0.2) is 5.82 Å². The van der Waals surface area contributed by atoms with E-state index in [1.54, 1.807) is 10.7 Å². The van der Waals surface area contributed by atoms with Crippen molar-refractivity contribution < 1.29 is 4.79 Å². The Morgan fingerprint density at radius 3 is 2.39 bits per heavy atom. The lowest BCUT2D eigenvalue weighted by Crippen LogP contribution is -2.15. The van der Waals surface area contributed by atoms with E-state index in [0.717, 1.165) is 27.9 Å². The van der Waals surface area contributed by atoms with Gasteiger partial charge >= 0.3 is 0 Å². The molecule has 7 heteroatoms. The molecule has 0 aliphatic rings. The van der Waals surface area contributed by atoms with Gasteiger partial charge in [0.25, 0.3) is 5.91 Å². The molecule has 0 radical (unpaired) electrons. The van der Waals surface area contributed by atoms with Crippen LogP contribution in [-0.4, -0.2) is 20.7 Å². The molecule has 0 saturated heterocycles. The van der Waals surface area contributed by atoms with Crippen molar-refractivity contribution in [3.05, 3.63) is 93.2 Å². The molecule has 0 bridgehead atoms. The van der Waals surface area contributed by atoms with Gasteiger partial charge in [0.2, 0.25) is 5.82 Å². The summed E-state index contributed by atoms with van der Waals surface area (Å²) >= 11 is 12.5. The average Bonchev–Trinajstić information content (AvgIpc) is 3.18. The van der Waals surface area contributed by atoms with Gasteiger partial charge in [-0.15, -0.1) is 5.10 Å². The number of amides is 1. The summed E-state index contributed by atoms with van der Waals surface area (Å²) in [4.78, 5) is 17.6. The quantitative estimate of drug-likeness (QED) is 0.390. The van der Waals surface area contributed by atoms with Crippen LogP contribution in [0.4, 0.5) is 5.69 Å². The summed E-state index contributed by atoms with van der Waals surface area (Å²) in [5.74, 6) is 0.142. The molecular formula is C24H20Cl2N4O. The lowest BCUT2D eigenvalue weighted by Gasteiger charge is -2.10. The summed E-state index contributed by atoms with van der Waals surface area (Å²) < 4.78 is 1.65. The number of benzene rings is 3. The molecule has 4 aromatic rings. The molecule has 1 N–H and O–H groups in total. The number of carbonyl (C=O) groups is 1. The van der Waals surface area contributed by atoms with Gasteiger partial charge in [-0.1, -0.05) is 71.2 Å². The third-order valence-corrected chi connectivity index (χ3v) is 5.53. The summed E-state index contributed by atoms with van der Waals surface area (Å²) in [5, 5.41) is 8.40. The van der Waals surface area contributed by atoms with Crippen molar-refractivity contribution in [2.75, 3.05) is 5.32 Å². The molecule has 31 heavy (non-hydrogen) atoms. The van der Waals surface area contributed by atoms with E-state index in [4.69, 9.17) is 23.2 Å². The zero-order valence-electron chi connectivity index (χ0n) is 17.3. The SMILES string of the molecule is Cc1ccc(-c2nc(C(=O)Nc3c(C)cccc3Cl)nn2-c2cc(Cl)ccc2C)cc1. The lowest BCUT2D eigenvalue weighted by atomic mass is 10.1. The first-order valence-corrected chi connectivity index (χ1v) is 10.5. The summed E-state index contributed by atoms with van der Waals surface area (Å²) in [7, 11) is 0. The molecule has 5 nitrogen and oxygen atoms in total. The van der Waals surface area contributed by atoms with Gasteiger partial charge in [-0.05, 0) is 50.1 Å². The number of aromatic nitrogens is 3. The number of nitrogens with one attached hydrogen (secondary N) is 1. The molecule has 3 aromatic carbocycles. The van der Waals surface area contributed by atoms with E-state index in [0.29, 0.717) is 21.6 Å². The van der Waals surface area contributed by atoms with E-state index >= 15 is 0 Å². The topological polar surface area (TPSA) is 59.8 Å². The number of anilines is 1. The fourth-order valence-corrected chi connectivity index (χ4v) is 3.67. The maximum atomic E-state index is 13.0. The van der Waals surface area contributed by atoms with Crippen molar-refractivity contribution >= 4 is 34.8 Å². The van der Waals surface area contributed by atoms with Crippen LogP contribution < -0.4 is 5.32 Å². The molecule has 0 spiro atoms. The highest BCUT2D eigenvalue weighted by Crippen LogP contribution is 2.28. The minimum absolute atomic E-state index is 0.0364. The highest BCUT2D eigenvalue weighted by Gasteiger charge is 2.21. The third kappa shape index (κ3) is 4.33. The summed E-state index contributed by atoms with van der Waals surface area (Å²) in [6, 6.07) is 18.9. The van der Waals surface area contributed by atoms with Gasteiger partial charge in [0.1, 0.15) is 0 Å². The van der Waals surface area contributed by atoms with Gasteiger partial charge in [0.05, 0.1) is 16.4 Å². The second-order valence-electron chi connectivity index (χ2n) is 7.35. The van der Waals surface area contributed by atoms with Crippen molar-refractivity contribution in [1.29, 1.82) is 0 Å². The highest BCUT2D eigenvalue weighted by molar-refractivity contribution is 6.34. The van der Waals surface area contributed by atoms with Gasteiger partial charge in [0, 0.05) is 10.6 Å². The maximum absolute atomic E-state index is 13.0. The van der Waals surface area contributed by atoms with E-state index in [1.807, 2.05) is 75.4 Å². The zero-order chi connectivity index (χ0) is 22.1. The number of carbonyl (C=O) groups excluding carboxylic acids is 1. The van der Waals surface area contributed by atoms with Crippen molar-refractivity contribution in [3.63, 3.8) is 0 Å². The summed E-state index contributed by atoms with van der Waals surface area (Å²) in [6.45, 7) is 5.85. The Morgan fingerprint density at radius 2 is 1.68 bits per heavy atom. The number of hydrogen-bond donors (Lipinski definition) is 1.